The zero-order chi connectivity index (χ0) is 22.0. The van der Waals surface area contributed by atoms with E-state index in [0.717, 1.165) is 30.4 Å². The van der Waals surface area contributed by atoms with Crippen LogP contribution in [-0.4, -0.2) is 42.7 Å². The Bertz CT molecular complexity index is 967. The van der Waals surface area contributed by atoms with Crippen LogP contribution in [0.15, 0.2) is 42.5 Å². The van der Waals surface area contributed by atoms with Gasteiger partial charge in [0.1, 0.15) is 12.4 Å². The molecule has 0 saturated heterocycles. The van der Waals surface area contributed by atoms with Crippen LogP contribution in [0, 0.1) is 0 Å². The second-order valence-electron chi connectivity index (χ2n) is 8.55. The van der Waals surface area contributed by atoms with Gasteiger partial charge in [0.15, 0.2) is 0 Å². The van der Waals surface area contributed by atoms with Crippen LogP contribution in [0.1, 0.15) is 70.9 Å². The third-order valence-corrected chi connectivity index (χ3v) is 6.76. The van der Waals surface area contributed by atoms with Gasteiger partial charge in [-0.05, 0) is 49.8 Å². The summed E-state index contributed by atoms with van der Waals surface area (Å²) in [6.45, 7) is 2.53. The smallest absolute Gasteiger partial charge is 0.254 e. The lowest BCUT2D eigenvalue weighted by molar-refractivity contribution is 0.0867. The minimum atomic E-state index is -0.412. The van der Waals surface area contributed by atoms with E-state index in [-0.39, 0.29) is 24.0 Å². The number of carbonyl (C=O) groups is 2. The van der Waals surface area contributed by atoms with Gasteiger partial charge in [-0.15, -0.1) is 0 Å². The van der Waals surface area contributed by atoms with Crippen LogP contribution in [0.25, 0.3) is 0 Å². The molecule has 6 heteroatoms. The van der Waals surface area contributed by atoms with E-state index in [2.05, 4.69) is 29.7 Å². The molecule has 0 bridgehead atoms. The Morgan fingerprint density at radius 3 is 2.45 bits per heavy atom. The fourth-order valence-electron chi connectivity index (χ4n) is 4.83. The predicted molar refractivity (Wildman–Crippen MR) is 119 cm³/mol. The molecule has 1 saturated carbocycles. The average molecular weight is 423 g/mol. The van der Waals surface area contributed by atoms with Crippen LogP contribution in [0.2, 0.25) is 0 Å². The first-order valence-electron chi connectivity index (χ1n) is 11.1. The monoisotopic (exact) mass is 422 g/mol. The van der Waals surface area contributed by atoms with Gasteiger partial charge in [0.2, 0.25) is 0 Å². The molecule has 1 heterocycles. The number of amides is 2. The average Bonchev–Trinajstić information content (AvgIpc) is 3.19. The topological polar surface area (TPSA) is 87.7 Å². The normalized spacial score (nSPS) is 24.7. The van der Waals surface area contributed by atoms with Gasteiger partial charge in [-0.3, -0.25) is 9.59 Å². The second kappa shape index (κ2) is 8.71. The second-order valence-corrected chi connectivity index (χ2v) is 8.55. The molecule has 2 aromatic carbocycles. The van der Waals surface area contributed by atoms with Crippen LogP contribution in [0.5, 0.6) is 5.75 Å². The molecule has 4 rings (SSSR count). The summed E-state index contributed by atoms with van der Waals surface area (Å²) in [6.07, 6.45) is 3.40. The Kier molecular flexibility index (Phi) is 6.01. The Morgan fingerprint density at radius 1 is 1.10 bits per heavy atom. The fraction of sp³-hybridized carbons (Fsp3) is 0.440. The predicted octanol–water partition coefficient (Wildman–Crippen LogP) is 3.17. The Morgan fingerprint density at radius 2 is 1.81 bits per heavy atom. The molecule has 3 N–H and O–H groups in total. The molecule has 1 unspecified atom stereocenters. The van der Waals surface area contributed by atoms with E-state index < -0.39 is 5.41 Å². The largest absolute Gasteiger partial charge is 0.491 e. The molecule has 1 fully saturated rings. The zero-order valence-electron chi connectivity index (χ0n) is 18.1. The molecule has 2 aromatic rings. The number of carbonyl (C=O) groups excluding carboxylic acids is 2. The van der Waals surface area contributed by atoms with Crippen molar-refractivity contribution in [3.8, 4) is 5.75 Å². The number of aliphatic hydroxyl groups excluding tert-OH is 1. The zero-order valence-corrected chi connectivity index (χ0v) is 18.1. The molecule has 0 spiro atoms. The quantitative estimate of drug-likeness (QED) is 0.691. The lowest BCUT2D eigenvalue weighted by Gasteiger charge is -2.28. The first kappa shape index (κ1) is 21.4. The first-order valence-corrected chi connectivity index (χ1v) is 11.1. The van der Waals surface area contributed by atoms with E-state index in [1.807, 2.05) is 24.3 Å². The van der Waals surface area contributed by atoms with E-state index in [1.54, 1.807) is 13.1 Å². The number of ether oxygens (including phenoxy) is 1. The van der Waals surface area contributed by atoms with Crippen molar-refractivity contribution in [2.75, 3.05) is 13.7 Å². The van der Waals surface area contributed by atoms with Crippen LogP contribution in [0.3, 0.4) is 0 Å². The van der Waals surface area contributed by atoms with Crippen molar-refractivity contribution in [2.24, 2.45) is 0 Å². The summed E-state index contributed by atoms with van der Waals surface area (Å²) in [5.74, 6) is 0.0911. The van der Waals surface area contributed by atoms with Crippen molar-refractivity contribution < 1.29 is 19.4 Å². The first-order chi connectivity index (χ1) is 15.0. The lowest BCUT2D eigenvalue weighted by Crippen LogP contribution is -2.38. The summed E-state index contributed by atoms with van der Waals surface area (Å²) >= 11 is 0. The van der Waals surface area contributed by atoms with Crippen molar-refractivity contribution in [3.05, 3.63) is 64.7 Å². The summed E-state index contributed by atoms with van der Waals surface area (Å²) in [6, 6.07) is 13.7. The van der Waals surface area contributed by atoms with Gasteiger partial charge in [0, 0.05) is 24.2 Å². The Balaban J connectivity index is 1.75. The van der Waals surface area contributed by atoms with E-state index in [1.165, 1.54) is 0 Å². The summed E-state index contributed by atoms with van der Waals surface area (Å²) in [7, 11) is 1.58. The summed E-state index contributed by atoms with van der Waals surface area (Å²) < 4.78 is 6.09. The number of benzene rings is 2. The highest BCUT2D eigenvalue weighted by Crippen LogP contribution is 2.47. The van der Waals surface area contributed by atoms with E-state index in [0.29, 0.717) is 36.3 Å². The highest BCUT2D eigenvalue weighted by molar-refractivity contribution is 6.02. The van der Waals surface area contributed by atoms with Gasteiger partial charge in [-0.1, -0.05) is 37.3 Å². The number of hydrogen-bond acceptors (Lipinski definition) is 4. The highest BCUT2D eigenvalue weighted by Gasteiger charge is 2.43. The highest BCUT2D eigenvalue weighted by atomic mass is 16.5. The molecule has 0 radical (unpaired) electrons. The minimum Gasteiger partial charge on any atom is -0.491 e. The van der Waals surface area contributed by atoms with Crippen molar-refractivity contribution >= 4 is 11.8 Å². The van der Waals surface area contributed by atoms with Crippen LogP contribution >= 0.6 is 0 Å². The minimum absolute atomic E-state index is 0.0360. The molecule has 2 amide bonds. The number of nitrogens with one attached hydrogen (secondary N) is 2. The van der Waals surface area contributed by atoms with Crippen molar-refractivity contribution in [1.29, 1.82) is 0 Å². The SMILES string of the molecule is CCC1(c2ccccc2)COc2c(C(=O)NC)cc(C(=O)NC3CCC(O)CC3)cc21. The number of aliphatic hydroxyl groups is 1. The molecule has 1 atom stereocenters. The lowest BCUT2D eigenvalue weighted by atomic mass is 9.73. The van der Waals surface area contributed by atoms with Gasteiger partial charge >= 0.3 is 0 Å². The van der Waals surface area contributed by atoms with Gasteiger partial charge in [0.25, 0.3) is 11.8 Å². The molecule has 0 aromatic heterocycles. The molecular formula is C25H30N2O4. The fourth-order valence-corrected chi connectivity index (χ4v) is 4.83. The van der Waals surface area contributed by atoms with Crippen molar-refractivity contribution in [2.45, 2.75) is 56.6 Å². The maximum atomic E-state index is 13.1. The van der Waals surface area contributed by atoms with Gasteiger partial charge in [-0.2, -0.15) is 0 Å². The standard InChI is InChI=1S/C25H30N2O4/c1-3-25(17-7-5-4-6-8-17)15-31-22-20(24(30)26-2)13-16(14-21(22)25)23(29)27-18-9-11-19(28)12-10-18/h4-8,13-14,18-19,28H,3,9-12,15H2,1-2H3,(H,26,30)(H,27,29). The maximum absolute atomic E-state index is 13.1. The number of rotatable bonds is 5. The van der Waals surface area contributed by atoms with Crippen LogP contribution in [-0.2, 0) is 5.41 Å². The maximum Gasteiger partial charge on any atom is 0.254 e. The van der Waals surface area contributed by atoms with E-state index in [4.69, 9.17) is 4.74 Å². The van der Waals surface area contributed by atoms with Crippen LogP contribution in [0.4, 0.5) is 0 Å². The Labute approximate surface area is 183 Å². The molecule has 1 aliphatic heterocycles. The molecule has 31 heavy (non-hydrogen) atoms. The molecule has 1 aliphatic carbocycles. The summed E-state index contributed by atoms with van der Waals surface area (Å²) in [5.41, 5.74) is 2.42. The van der Waals surface area contributed by atoms with Gasteiger partial charge in [-0.25, -0.2) is 0 Å². The summed E-state index contributed by atoms with van der Waals surface area (Å²) in [4.78, 5) is 25.8. The third kappa shape index (κ3) is 3.92. The molecule has 164 valence electrons. The summed E-state index contributed by atoms with van der Waals surface area (Å²) in [5, 5.41) is 15.5. The molecule has 2 aliphatic rings. The molecular weight excluding hydrogens is 392 g/mol. The Hall–Kier alpha value is -2.86. The van der Waals surface area contributed by atoms with E-state index in [9.17, 15) is 14.7 Å². The number of fused-ring (bicyclic) bond motifs is 1. The third-order valence-electron chi connectivity index (χ3n) is 6.76. The van der Waals surface area contributed by atoms with Crippen molar-refractivity contribution in [1.82, 2.24) is 10.6 Å². The number of hydrogen-bond donors (Lipinski definition) is 3. The van der Waals surface area contributed by atoms with Gasteiger partial charge in [0.05, 0.1) is 17.1 Å². The van der Waals surface area contributed by atoms with Gasteiger partial charge < -0.3 is 20.5 Å². The van der Waals surface area contributed by atoms with Crippen LogP contribution < -0.4 is 15.4 Å². The van der Waals surface area contributed by atoms with Crippen molar-refractivity contribution in [3.63, 3.8) is 0 Å². The van der Waals surface area contributed by atoms with E-state index >= 15 is 0 Å². The molecule has 6 nitrogen and oxygen atoms in total.